The van der Waals surface area contributed by atoms with Gasteiger partial charge in [-0.05, 0) is 38.2 Å². The van der Waals surface area contributed by atoms with Gasteiger partial charge in [0.15, 0.2) is 0 Å². The van der Waals surface area contributed by atoms with Crippen molar-refractivity contribution in [3.8, 4) is 0 Å². The van der Waals surface area contributed by atoms with Gasteiger partial charge >= 0.3 is 0 Å². The van der Waals surface area contributed by atoms with Gasteiger partial charge in [-0.2, -0.15) is 0 Å². The van der Waals surface area contributed by atoms with Gasteiger partial charge in [-0.15, -0.1) is 0 Å². The second-order valence-electron chi connectivity index (χ2n) is 4.73. The molecule has 1 rings (SSSR count). The van der Waals surface area contributed by atoms with Gasteiger partial charge in [0.05, 0.1) is 17.3 Å². The normalized spacial score (nSPS) is 11.0. The third-order valence-corrected chi connectivity index (χ3v) is 3.15. The Labute approximate surface area is 115 Å². The van der Waals surface area contributed by atoms with Gasteiger partial charge in [0.25, 0.3) is 0 Å². The SMILES string of the molecule is CCCN(CCN(C)C)c1ccc(CO)cc1Cl. The molecule has 0 atom stereocenters. The Bertz CT molecular complexity index is 369. The van der Waals surface area contributed by atoms with E-state index in [1.807, 2.05) is 18.2 Å². The van der Waals surface area contributed by atoms with Crippen LogP contribution in [0.4, 0.5) is 5.69 Å². The Morgan fingerprint density at radius 2 is 1.89 bits per heavy atom. The van der Waals surface area contributed by atoms with Crippen molar-refractivity contribution < 1.29 is 5.11 Å². The van der Waals surface area contributed by atoms with Crippen molar-refractivity contribution in [2.24, 2.45) is 0 Å². The highest BCUT2D eigenvalue weighted by Gasteiger charge is 2.10. The maximum absolute atomic E-state index is 9.09. The number of likely N-dealkylation sites (N-methyl/N-ethyl adjacent to an activating group) is 1. The van der Waals surface area contributed by atoms with Gasteiger partial charge < -0.3 is 14.9 Å². The number of rotatable bonds is 7. The molecule has 0 spiro atoms. The molecule has 0 fully saturated rings. The quantitative estimate of drug-likeness (QED) is 0.825. The van der Waals surface area contributed by atoms with Crippen LogP contribution < -0.4 is 4.90 Å². The summed E-state index contributed by atoms with van der Waals surface area (Å²) in [6.45, 7) is 5.15. The lowest BCUT2D eigenvalue weighted by Crippen LogP contribution is -2.32. The number of halogens is 1. The largest absolute Gasteiger partial charge is 0.392 e. The second kappa shape index (κ2) is 7.62. The zero-order chi connectivity index (χ0) is 13.5. The van der Waals surface area contributed by atoms with Crippen LogP contribution in [-0.2, 0) is 6.61 Å². The topological polar surface area (TPSA) is 26.7 Å². The zero-order valence-corrected chi connectivity index (χ0v) is 12.2. The molecule has 1 aromatic rings. The summed E-state index contributed by atoms with van der Waals surface area (Å²) in [5, 5.41) is 9.81. The molecule has 1 N–H and O–H groups in total. The number of hydrogen-bond acceptors (Lipinski definition) is 3. The van der Waals surface area contributed by atoms with E-state index in [0.717, 1.165) is 37.3 Å². The van der Waals surface area contributed by atoms with Crippen LogP contribution in [0.25, 0.3) is 0 Å². The highest BCUT2D eigenvalue weighted by Crippen LogP contribution is 2.27. The van der Waals surface area contributed by atoms with Gasteiger partial charge in [-0.25, -0.2) is 0 Å². The minimum atomic E-state index is 0.0332. The summed E-state index contributed by atoms with van der Waals surface area (Å²) in [6.07, 6.45) is 1.09. The van der Waals surface area contributed by atoms with E-state index in [0.29, 0.717) is 5.02 Å². The van der Waals surface area contributed by atoms with E-state index in [4.69, 9.17) is 16.7 Å². The maximum Gasteiger partial charge on any atom is 0.0682 e. The predicted octanol–water partition coefficient (Wildman–Crippen LogP) is 2.61. The molecule has 0 aliphatic heterocycles. The molecule has 3 nitrogen and oxygen atoms in total. The first-order valence-electron chi connectivity index (χ1n) is 6.37. The Morgan fingerprint density at radius 1 is 1.17 bits per heavy atom. The van der Waals surface area contributed by atoms with Crippen LogP contribution in [0.15, 0.2) is 18.2 Å². The fourth-order valence-corrected chi connectivity index (χ4v) is 2.17. The summed E-state index contributed by atoms with van der Waals surface area (Å²) in [6, 6.07) is 5.77. The molecule has 0 aromatic heterocycles. The van der Waals surface area contributed by atoms with Crippen LogP contribution >= 0.6 is 11.6 Å². The zero-order valence-electron chi connectivity index (χ0n) is 11.5. The van der Waals surface area contributed by atoms with E-state index in [2.05, 4.69) is 30.8 Å². The molecule has 0 aliphatic rings. The van der Waals surface area contributed by atoms with Crippen molar-refractivity contribution in [2.45, 2.75) is 20.0 Å². The Kier molecular flexibility index (Phi) is 6.47. The van der Waals surface area contributed by atoms with Crippen LogP contribution in [0.5, 0.6) is 0 Å². The molecular weight excluding hydrogens is 248 g/mol. The van der Waals surface area contributed by atoms with E-state index < -0.39 is 0 Å². The number of aliphatic hydroxyl groups is 1. The first-order chi connectivity index (χ1) is 8.58. The van der Waals surface area contributed by atoms with Gasteiger partial charge in [0, 0.05) is 19.6 Å². The van der Waals surface area contributed by atoms with Crippen molar-refractivity contribution in [3.63, 3.8) is 0 Å². The summed E-state index contributed by atoms with van der Waals surface area (Å²) in [5.41, 5.74) is 1.91. The van der Waals surface area contributed by atoms with Crippen LogP contribution in [0.1, 0.15) is 18.9 Å². The van der Waals surface area contributed by atoms with E-state index >= 15 is 0 Å². The van der Waals surface area contributed by atoms with Gasteiger partial charge in [-0.1, -0.05) is 24.6 Å². The van der Waals surface area contributed by atoms with Crippen molar-refractivity contribution in [1.82, 2.24) is 4.90 Å². The van der Waals surface area contributed by atoms with Gasteiger partial charge in [0.2, 0.25) is 0 Å². The highest BCUT2D eigenvalue weighted by molar-refractivity contribution is 6.33. The standard InChI is InChI=1S/C14H23ClN2O/c1-4-7-17(9-8-16(2)3)14-6-5-12(11-18)10-13(14)15/h5-6,10,18H,4,7-9,11H2,1-3H3. The highest BCUT2D eigenvalue weighted by atomic mass is 35.5. The van der Waals surface area contributed by atoms with Crippen LogP contribution in [0.2, 0.25) is 5.02 Å². The second-order valence-corrected chi connectivity index (χ2v) is 5.14. The number of nitrogens with zero attached hydrogens (tertiary/aromatic N) is 2. The number of anilines is 1. The third-order valence-electron chi connectivity index (χ3n) is 2.85. The predicted molar refractivity (Wildman–Crippen MR) is 78.4 cm³/mol. The minimum absolute atomic E-state index is 0.0332. The number of aliphatic hydroxyl groups excluding tert-OH is 1. The van der Waals surface area contributed by atoms with Crippen molar-refractivity contribution in [3.05, 3.63) is 28.8 Å². The maximum atomic E-state index is 9.09. The summed E-state index contributed by atoms with van der Waals surface area (Å²) in [7, 11) is 4.14. The molecule has 0 saturated heterocycles. The van der Waals surface area contributed by atoms with E-state index in [-0.39, 0.29) is 6.61 Å². The van der Waals surface area contributed by atoms with Crippen molar-refractivity contribution in [2.75, 3.05) is 38.6 Å². The molecule has 102 valence electrons. The average molecular weight is 271 g/mol. The molecule has 18 heavy (non-hydrogen) atoms. The third kappa shape index (κ3) is 4.48. The molecule has 0 radical (unpaired) electrons. The first kappa shape index (κ1) is 15.3. The van der Waals surface area contributed by atoms with Gasteiger partial charge in [0.1, 0.15) is 0 Å². The van der Waals surface area contributed by atoms with E-state index in [9.17, 15) is 0 Å². The first-order valence-corrected chi connectivity index (χ1v) is 6.75. The van der Waals surface area contributed by atoms with Crippen LogP contribution in [0.3, 0.4) is 0 Å². The fraction of sp³-hybridized carbons (Fsp3) is 0.571. The van der Waals surface area contributed by atoms with Gasteiger partial charge in [-0.3, -0.25) is 0 Å². The fourth-order valence-electron chi connectivity index (χ4n) is 1.85. The molecule has 0 bridgehead atoms. The summed E-state index contributed by atoms with van der Waals surface area (Å²) < 4.78 is 0. The molecule has 0 heterocycles. The summed E-state index contributed by atoms with van der Waals surface area (Å²) in [4.78, 5) is 4.46. The molecule has 4 heteroatoms. The van der Waals surface area contributed by atoms with Crippen LogP contribution in [0, 0.1) is 0 Å². The molecule has 1 aromatic carbocycles. The average Bonchev–Trinajstić information content (AvgIpc) is 2.34. The molecular formula is C14H23ClN2O. The van der Waals surface area contributed by atoms with Crippen molar-refractivity contribution >= 4 is 17.3 Å². The minimum Gasteiger partial charge on any atom is -0.392 e. The van der Waals surface area contributed by atoms with E-state index in [1.54, 1.807) is 0 Å². The molecule has 0 amide bonds. The monoisotopic (exact) mass is 270 g/mol. The van der Waals surface area contributed by atoms with Crippen molar-refractivity contribution in [1.29, 1.82) is 0 Å². The number of benzene rings is 1. The lowest BCUT2D eigenvalue weighted by molar-refractivity contribution is 0.282. The lowest BCUT2D eigenvalue weighted by Gasteiger charge is -2.27. The van der Waals surface area contributed by atoms with E-state index in [1.165, 1.54) is 0 Å². The number of hydrogen-bond donors (Lipinski definition) is 1. The Hall–Kier alpha value is -0.770. The molecule has 0 saturated carbocycles. The lowest BCUT2D eigenvalue weighted by atomic mass is 10.2. The smallest absolute Gasteiger partial charge is 0.0682 e. The van der Waals surface area contributed by atoms with Crippen LogP contribution in [-0.4, -0.2) is 43.7 Å². The Morgan fingerprint density at radius 3 is 2.39 bits per heavy atom. The summed E-state index contributed by atoms with van der Waals surface area (Å²) in [5.74, 6) is 0. The Balaban J connectivity index is 2.84. The molecule has 0 unspecified atom stereocenters. The molecule has 0 aliphatic carbocycles. The summed E-state index contributed by atoms with van der Waals surface area (Å²) >= 11 is 6.29.